The van der Waals surface area contributed by atoms with Crippen molar-refractivity contribution in [1.29, 1.82) is 0 Å². The minimum atomic E-state index is 0.427. The van der Waals surface area contributed by atoms with Gasteiger partial charge in [0.25, 0.3) is 0 Å². The number of aromatic nitrogens is 4. The highest BCUT2D eigenvalue weighted by molar-refractivity contribution is 5.62. The van der Waals surface area contributed by atoms with Gasteiger partial charge in [0.1, 0.15) is 0 Å². The van der Waals surface area contributed by atoms with Crippen molar-refractivity contribution in [2.45, 2.75) is 25.4 Å². The van der Waals surface area contributed by atoms with Crippen molar-refractivity contribution in [1.82, 2.24) is 25.1 Å². The summed E-state index contributed by atoms with van der Waals surface area (Å²) >= 11 is 0. The number of anilines is 1. The van der Waals surface area contributed by atoms with E-state index in [1.165, 1.54) is 12.0 Å². The maximum Gasteiger partial charge on any atom is 0.225 e. The van der Waals surface area contributed by atoms with E-state index in [4.69, 9.17) is 0 Å². The first-order chi connectivity index (χ1) is 12.8. The van der Waals surface area contributed by atoms with Gasteiger partial charge < -0.3 is 10.2 Å². The van der Waals surface area contributed by atoms with E-state index in [2.05, 4.69) is 55.7 Å². The van der Waals surface area contributed by atoms with Crippen LogP contribution in [-0.2, 0) is 13.6 Å². The van der Waals surface area contributed by atoms with E-state index in [0.717, 1.165) is 43.3 Å². The zero-order valence-corrected chi connectivity index (χ0v) is 15.0. The average Bonchev–Trinajstić information content (AvgIpc) is 3.09. The molecule has 1 unspecified atom stereocenters. The largest absolute Gasteiger partial charge is 0.339 e. The van der Waals surface area contributed by atoms with Gasteiger partial charge in [0.15, 0.2) is 0 Å². The fourth-order valence-corrected chi connectivity index (χ4v) is 3.54. The van der Waals surface area contributed by atoms with E-state index < -0.39 is 0 Å². The number of aryl methyl sites for hydroxylation is 1. The third kappa shape index (κ3) is 3.75. The van der Waals surface area contributed by atoms with Crippen LogP contribution in [0.1, 0.15) is 18.4 Å². The van der Waals surface area contributed by atoms with E-state index in [9.17, 15) is 0 Å². The Morgan fingerprint density at radius 3 is 2.73 bits per heavy atom. The van der Waals surface area contributed by atoms with Crippen molar-refractivity contribution in [2.24, 2.45) is 7.05 Å². The molecule has 134 valence electrons. The highest BCUT2D eigenvalue weighted by atomic mass is 15.3. The topological polar surface area (TPSA) is 58.9 Å². The number of nitrogens with one attached hydrogen (secondary N) is 1. The molecule has 0 saturated carbocycles. The van der Waals surface area contributed by atoms with Gasteiger partial charge in [0, 0.05) is 62.4 Å². The molecular formula is C20H24N6. The molecule has 1 atom stereocenters. The van der Waals surface area contributed by atoms with Crippen LogP contribution in [0.5, 0.6) is 0 Å². The van der Waals surface area contributed by atoms with Crippen molar-refractivity contribution >= 4 is 5.95 Å². The number of hydrogen-bond donors (Lipinski definition) is 1. The molecule has 1 aromatic carbocycles. The molecule has 0 spiro atoms. The Balaban J connectivity index is 1.43. The van der Waals surface area contributed by atoms with Crippen LogP contribution in [-0.4, -0.2) is 38.9 Å². The molecule has 26 heavy (non-hydrogen) atoms. The predicted octanol–water partition coefficient (Wildman–Crippen LogP) is 2.64. The second-order valence-corrected chi connectivity index (χ2v) is 6.76. The van der Waals surface area contributed by atoms with Crippen molar-refractivity contribution in [3.63, 3.8) is 0 Å². The highest BCUT2D eigenvalue weighted by Gasteiger charge is 2.22. The molecule has 0 amide bonds. The minimum Gasteiger partial charge on any atom is -0.339 e. The molecule has 1 saturated heterocycles. The van der Waals surface area contributed by atoms with Crippen LogP contribution in [0.2, 0.25) is 0 Å². The van der Waals surface area contributed by atoms with Crippen LogP contribution < -0.4 is 10.2 Å². The summed E-state index contributed by atoms with van der Waals surface area (Å²) < 4.78 is 1.89. The van der Waals surface area contributed by atoms with Gasteiger partial charge >= 0.3 is 0 Å². The number of benzene rings is 1. The molecule has 0 radical (unpaired) electrons. The predicted molar refractivity (Wildman–Crippen MR) is 103 cm³/mol. The number of piperidine rings is 1. The van der Waals surface area contributed by atoms with E-state index in [1.54, 1.807) is 12.4 Å². The molecular weight excluding hydrogens is 324 g/mol. The molecule has 1 fully saturated rings. The monoisotopic (exact) mass is 348 g/mol. The maximum absolute atomic E-state index is 4.65. The summed E-state index contributed by atoms with van der Waals surface area (Å²) in [6, 6.07) is 12.7. The SMILES string of the molecule is Cn1cc(CNC2CCCN(c3ncccn3)C2)c(-c2ccccc2)n1. The standard InChI is InChI=1S/C20H24N6/c1-25-14-17(19(24-25)16-7-3-2-4-8-16)13-23-18-9-5-12-26(15-18)20-21-10-6-11-22-20/h2-4,6-8,10-11,14,18,23H,5,9,12-13,15H2,1H3. The molecule has 3 aromatic rings. The van der Waals surface area contributed by atoms with E-state index in [-0.39, 0.29) is 0 Å². The van der Waals surface area contributed by atoms with Gasteiger partial charge in [-0.15, -0.1) is 0 Å². The van der Waals surface area contributed by atoms with Gasteiger partial charge in [-0.2, -0.15) is 5.10 Å². The Labute approximate surface area is 153 Å². The summed E-state index contributed by atoms with van der Waals surface area (Å²) in [5, 5.41) is 8.36. The summed E-state index contributed by atoms with van der Waals surface area (Å²) in [7, 11) is 1.98. The summed E-state index contributed by atoms with van der Waals surface area (Å²) in [6.07, 6.45) is 8.04. The zero-order valence-electron chi connectivity index (χ0n) is 15.0. The van der Waals surface area contributed by atoms with E-state index >= 15 is 0 Å². The van der Waals surface area contributed by atoms with Gasteiger partial charge in [-0.1, -0.05) is 30.3 Å². The van der Waals surface area contributed by atoms with E-state index in [0.29, 0.717) is 6.04 Å². The van der Waals surface area contributed by atoms with Crippen molar-refractivity contribution in [2.75, 3.05) is 18.0 Å². The molecule has 0 aliphatic carbocycles. The van der Waals surface area contributed by atoms with Crippen LogP contribution in [0.25, 0.3) is 11.3 Å². The van der Waals surface area contributed by atoms with Gasteiger partial charge in [-0.05, 0) is 18.9 Å². The molecule has 2 aromatic heterocycles. The Hall–Kier alpha value is -2.73. The second-order valence-electron chi connectivity index (χ2n) is 6.76. The maximum atomic E-state index is 4.65. The fraction of sp³-hybridized carbons (Fsp3) is 0.350. The van der Waals surface area contributed by atoms with Gasteiger partial charge in [-0.25, -0.2) is 9.97 Å². The third-order valence-electron chi connectivity index (χ3n) is 4.79. The molecule has 1 aliphatic rings. The van der Waals surface area contributed by atoms with E-state index in [1.807, 2.05) is 23.9 Å². The number of nitrogens with zero attached hydrogens (tertiary/aromatic N) is 5. The lowest BCUT2D eigenvalue weighted by Gasteiger charge is -2.33. The highest BCUT2D eigenvalue weighted by Crippen LogP contribution is 2.22. The Morgan fingerprint density at radius 1 is 1.12 bits per heavy atom. The Kier molecular flexibility index (Phi) is 4.93. The first-order valence-electron chi connectivity index (χ1n) is 9.13. The molecule has 1 N–H and O–H groups in total. The van der Waals surface area contributed by atoms with Gasteiger partial charge in [0.05, 0.1) is 5.69 Å². The first kappa shape index (κ1) is 16.7. The van der Waals surface area contributed by atoms with Crippen LogP contribution in [0, 0.1) is 0 Å². The molecule has 1 aliphatic heterocycles. The summed E-state index contributed by atoms with van der Waals surface area (Å²) in [5.74, 6) is 0.824. The smallest absolute Gasteiger partial charge is 0.225 e. The van der Waals surface area contributed by atoms with Gasteiger partial charge in [-0.3, -0.25) is 4.68 Å². The van der Waals surface area contributed by atoms with Crippen LogP contribution in [0.15, 0.2) is 55.0 Å². The van der Waals surface area contributed by atoms with Gasteiger partial charge in [0.2, 0.25) is 5.95 Å². The van der Waals surface area contributed by atoms with Crippen LogP contribution >= 0.6 is 0 Å². The lowest BCUT2D eigenvalue weighted by Crippen LogP contribution is -2.46. The van der Waals surface area contributed by atoms with Crippen molar-refractivity contribution in [3.05, 3.63) is 60.6 Å². The lowest BCUT2D eigenvalue weighted by molar-refractivity contribution is 0.418. The first-order valence-corrected chi connectivity index (χ1v) is 9.13. The van der Waals surface area contributed by atoms with Crippen LogP contribution in [0.4, 0.5) is 5.95 Å². The summed E-state index contributed by atoms with van der Waals surface area (Å²) in [4.78, 5) is 11.0. The van der Waals surface area contributed by atoms with Crippen LogP contribution in [0.3, 0.4) is 0 Å². The summed E-state index contributed by atoms with van der Waals surface area (Å²) in [6.45, 7) is 2.77. The third-order valence-corrected chi connectivity index (χ3v) is 4.79. The van der Waals surface area contributed by atoms with Crippen molar-refractivity contribution in [3.8, 4) is 11.3 Å². The van der Waals surface area contributed by atoms with Crippen molar-refractivity contribution < 1.29 is 0 Å². The minimum absolute atomic E-state index is 0.427. The average molecular weight is 348 g/mol. The molecule has 6 nitrogen and oxygen atoms in total. The fourth-order valence-electron chi connectivity index (χ4n) is 3.54. The Morgan fingerprint density at radius 2 is 1.92 bits per heavy atom. The lowest BCUT2D eigenvalue weighted by atomic mass is 10.0. The number of hydrogen-bond acceptors (Lipinski definition) is 5. The second kappa shape index (κ2) is 7.66. The Bertz CT molecular complexity index is 830. The molecule has 4 rings (SSSR count). The summed E-state index contributed by atoms with van der Waals surface area (Å²) in [5.41, 5.74) is 3.44. The number of rotatable bonds is 5. The molecule has 0 bridgehead atoms. The normalized spacial score (nSPS) is 17.4. The molecule has 3 heterocycles. The quantitative estimate of drug-likeness (QED) is 0.768. The zero-order chi connectivity index (χ0) is 17.8. The molecule has 6 heteroatoms.